The number of hydrogen-bond acceptors (Lipinski definition) is 5. The van der Waals surface area contributed by atoms with Crippen LogP contribution in [0.2, 0.25) is 0 Å². The quantitative estimate of drug-likeness (QED) is 0.496. The number of aromatic nitrogens is 3. The van der Waals surface area contributed by atoms with E-state index in [0.29, 0.717) is 5.82 Å². The predicted octanol–water partition coefficient (Wildman–Crippen LogP) is 3.95. The highest BCUT2D eigenvalue weighted by Gasteiger charge is 2.10. The summed E-state index contributed by atoms with van der Waals surface area (Å²) in [6.07, 6.45) is 3.62. The molecule has 0 unspecified atom stereocenters. The van der Waals surface area contributed by atoms with Crippen LogP contribution >= 0.6 is 0 Å². The van der Waals surface area contributed by atoms with Crippen molar-refractivity contribution in [1.29, 1.82) is 0 Å². The van der Waals surface area contributed by atoms with E-state index in [1.807, 2.05) is 65.4 Å². The number of nitrogens with zero attached hydrogens (tertiary/aromatic N) is 3. The lowest BCUT2D eigenvalue weighted by Crippen LogP contribution is -2.10. The van der Waals surface area contributed by atoms with E-state index in [0.717, 1.165) is 33.5 Å². The van der Waals surface area contributed by atoms with Gasteiger partial charge < -0.3 is 14.0 Å². The molecule has 0 aliphatic rings. The van der Waals surface area contributed by atoms with E-state index in [-0.39, 0.29) is 12.5 Å². The molecule has 4 rings (SSSR count). The fourth-order valence-electron chi connectivity index (χ4n) is 3.08. The van der Waals surface area contributed by atoms with Gasteiger partial charge in [0, 0.05) is 29.0 Å². The molecule has 0 aliphatic carbocycles. The van der Waals surface area contributed by atoms with Crippen molar-refractivity contribution in [2.24, 2.45) is 0 Å². The maximum atomic E-state index is 11.6. The molecular formula is C22H19N3O3. The molecule has 0 N–H and O–H groups in total. The van der Waals surface area contributed by atoms with Crippen LogP contribution in [0.5, 0.6) is 5.75 Å². The summed E-state index contributed by atoms with van der Waals surface area (Å²) in [4.78, 5) is 20.8. The van der Waals surface area contributed by atoms with Crippen molar-refractivity contribution in [1.82, 2.24) is 14.5 Å². The van der Waals surface area contributed by atoms with Gasteiger partial charge in [0.15, 0.2) is 5.82 Å². The van der Waals surface area contributed by atoms with Gasteiger partial charge in [0.05, 0.1) is 19.9 Å². The molecule has 0 fully saturated rings. The fourth-order valence-corrected chi connectivity index (χ4v) is 3.08. The second-order valence-electron chi connectivity index (χ2n) is 6.29. The zero-order valence-electron chi connectivity index (χ0n) is 15.6. The van der Waals surface area contributed by atoms with Gasteiger partial charge in [-0.25, -0.2) is 9.97 Å². The lowest BCUT2D eigenvalue weighted by atomic mass is 10.1. The summed E-state index contributed by atoms with van der Waals surface area (Å²) in [7, 11) is 3.03. The molecule has 0 saturated carbocycles. The smallest absolute Gasteiger partial charge is 0.325 e. The number of benzene rings is 2. The highest BCUT2D eigenvalue weighted by Crippen LogP contribution is 2.26. The number of ether oxygens (including phenoxy) is 2. The SMILES string of the molecule is COC(=O)Cn1ccc2ccc(-c3nccc(-c4ccc(OC)cc4)n3)cc21. The normalized spacial score (nSPS) is 10.8. The molecule has 140 valence electrons. The molecule has 0 amide bonds. The average molecular weight is 373 g/mol. The molecule has 0 spiro atoms. The highest BCUT2D eigenvalue weighted by molar-refractivity contribution is 5.86. The van der Waals surface area contributed by atoms with Crippen molar-refractivity contribution in [2.45, 2.75) is 6.54 Å². The summed E-state index contributed by atoms with van der Waals surface area (Å²) in [5, 5.41) is 1.04. The van der Waals surface area contributed by atoms with Crippen molar-refractivity contribution in [3.63, 3.8) is 0 Å². The molecule has 6 nitrogen and oxygen atoms in total. The molecule has 0 atom stereocenters. The average Bonchev–Trinajstić information content (AvgIpc) is 3.15. The number of hydrogen-bond donors (Lipinski definition) is 0. The topological polar surface area (TPSA) is 66.2 Å². The van der Waals surface area contributed by atoms with Gasteiger partial charge in [0.25, 0.3) is 0 Å². The summed E-state index contributed by atoms with van der Waals surface area (Å²) in [6.45, 7) is 0.163. The summed E-state index contributed by atoms with van der Waals surface area (Å²) < 4.78 is 11.8. The van der Waals surface area contributed by atoms with Crippen LogP contribution in [0.25, 0.3) is 33.5 Å². The van der Waals surface area contributed by atoms with Gasteiger partial charge in [-0.2, -0.15) is 0 Å². The summed E-state index contributed by atoms with van der Waals surface area (Å²) in [5.74, 6) is 1.14. The van der Waals surface area contributed by atoms with Crippen molar-refractivity contribution in [2.75, 3.05) is 14.2 Å². The van der Waals surface area contributed by atoms with Crippen LogP contribution in [-0.2, 0) is 16.1 Å². The lowest BCUT2D eigenvalue weighted by Gasteiger charge is -2.07. The van der Waals surface area contributed by atoms with Crippen LogP contribution in [0, 0.1) is 0 Å². The Morgan fingerprint density at radius 3 is 2.54 bits per heavy atom. The second kappa shape index (κ2) is 7.52. The van der Waals surface area contributed by atoms with Gasteiger partial charge in [0.2, 0.25) is 0 Å². The minimum absolute atomic E-state index is 0.163. The first-order chi connectivity index (χ1) is 13.7. The van der Waals surface area contributed by atoms with E-state index < -0.39 is 0 Å². The monoisotopic (exact) mass is 373 g/mol. The largest absolute Gasteiger partial charge is 0.497 e. The maximum absolute atomic E-state index is 11.6. The minimum Gasteiger partial charge on any atom is -0.497 e. The molecule has 2 heterocycles. The Morgan fingerprint density at radius 1 is 1.00 bits per heavy atom. The third kappa shape index (κ3) is 3.44. The molecule has 28 heavy (non-hydrogen) atoms. The van der Waals surface area contributed by atoms with E-state index in [4.69, 9.17) is 14.5 Å². The van der Waals surface area contributed by atoms with E-state index in [1.165, 1.54) is 7.11 Å². The van der Waals surface area contributed by atoms with Crippen molar-refractivity contribution >= 4 is 16.9 Å². The zero-order chi connectivity index (χ0) is 19.5. The van der Waals surface area contributed by atoms with Gasteiger partial charge >= 0.3 is 5.97 Å². The van der Waals surface area contributed by atoms with Crippen molar-refractivity contribution < 1.29 is 14.3 Å². The Balaban J connectivity index is 1.71. The molecule has 0 aliphatic heterocycles. The standard InChI is InChI=1S/C22H19N3O3/c1-27-18-7-5-15(6-8-18)19-9-11-23-22(24-19)17-4-3-16-10-12-25(20(16)13-17)14-21(26)28-2/h3-13H,14H2,1-2H3. The summed E-state index contributed by atoms with van der Waals surface area (Å²) in [5.41, 5.74) is 3.63. The van der Waals surface area contributed by atoms with Crippen LogP contribution in [-0.4, -0.2) is 34.7 Å². The molecule has 4 aromatic rings. The Labute approximate surface area is 162 Å². The number of carbonyl (C=O) groups excluding carboxylic acids is 1. The van der Waals surface area contributed by atoms with Gasteiger partial charge in [-0.15, -0.1) is 0 Å². The molecule has 2 aromatic heterocycles. The van der Waals surface area contributed by atoms with Crippen LogP contribution in [0.1, 0.15) is 0 Å². The Kier molecular flexibility index (Phi) is 4.76. The molecule has 2 aromatic carbocycles. The summed E-state index contributed by atoms with van der Waals surface area (Å²) in [6, 6.07) is 17.6. The third-order valence-corrected chi connectivity index (χ3v) is 4.60. The van der Waals surface area contributed by atoms with E-state index >= 15 is 0 Å². The van der Waals surface area contributed by atoms with Gasteiger partial charge in [-0.05, 0) is 47.9 Å². The number of rotatable bonds is 5. The Hall–Kier alpha value is -3.67. The summed E-state index contributed by atoms with van der Waals surface area (Å²) >= 11 is 0. The molecular weight excluding hydrogens is 354 g/mol. The predicted molar refractivity (Wildman–Crippen MR) is 107 cm³/mol. The van der Waals surface area contributed by atoms with E-state index in [9.17, 15) is 4.79 Å². The van der Waals surface area contributed by atoms with Crippen LogP contribution in [0.4, 0.5) is 0 Å². The van der Waals surface area contributed by atoms with Gasteiger partial charge in [0.1, 0.15) is 12.3 Å². The van der Waals surface area contributed by atoms with Crippen LogP contribution in [0.15, 0.2) is 67.0 Å². The number of esters is 1. The number of carbonyl (C=O) groups is 1. The van der Waals surface area contributed by atoms with E-state index in [1.54, 1.807) is 13.3 Å². The zero-order valence-corrected chi connectivity index (χ0v) is 15.6. The first kappa shape index (κ1) is 17.7. The van der Waals surface area contributed by atoms with Gasteiger partial charge in [-0.1, -0.05) is 12.1 Å². The van der Waals surface area contributed by atoms with Gasteiger partial charge in [-0.3, -0.25) is 4.79 Å². The van der Waals surface area contributed by atoms with Crippen molar-refractivity contribution in [3.8, 4) is 28.4 Å². The molecule has 0 radical (unpaired) electrons. The maximum Gasteiger partial charge on any atom is 0.325 e. The van der Waals surface area contributed by atoms with Crippen LogP contribution in [0.3, 0.4) is 0 Å². The second-order valence-corrected chi connectivity index (χ2v) is 6.29. The lowest BCUT2D eigenvalue weighted by molar-refractivity contribution is -0.141. The third-order valence-electron chi connectivity index (χ3n) is 4.60. The Morgan fingerprint density at radius 2 is 1.79 bits per heavy atom. The first-order valence-electron chi connectivity index (χ1n) is 8.81. The molecule has 0 bridgehead atoms. The van der Waals surface area contributed by atoms with E-state index in [2.05, 4.69) is 4.98 Å². The highest BCUT2D eigenvalue weighted by atomic mass is 16.5. The fraction of sp³-hybridized carbons (Fsp3) is 0.136. The van der Waals surface area contributed by atoms with Crippen LogP contribution < -0.4 is 4.74 Å². The Bertz CT molecular complexity index is 1130. The van der Waals surface area contributed by atoms with Crippen molar-refractivity contribution in [3.05, 3.63) is 67.0 Å². The first-order valence-corrected chi connectivity index (χ1v) is 8.81. The number of methoxy groups -OCH3 is 2. The molecule has 0 saturated heterocycles. The minimum atomic E-state index is -0.291. The number of fused-ring (bicyclic) bond motifs is 1. The molecule has 6 heteroatoms.